The summed E-state index contributed by atoms with van der Waals surface area (Å²) >= 11 is 0. The molecule has 0 spiro atoms. The SMILES string of the molecule is Cc1ccc(C)c(OCCCN2CCCCC2CCO)c1. The minimum atomic E-state index is 0.306. The Morgan fingerprint density at radius 3 is 2.95 bits per heavy atom. The zero-order chi connectivity index (χ0) is 15.1. The van der Waals surface area contributed by atoms with E-state index >= 15 is 0 Å². The Hall–Kier alpha value is -1.06. The highest BCUT2D eigenvalue weighted by Crippen LogP contribution is 2.21. The minimum Gasteiger partial charge on any atom is -0.493 e. The Balaban J connectivity index is 1.74. The number of aliphatic hydroxyl groups excluding tert-OH is 1. The van der Waals surface area contributed by atoms with Crippen LogP contribution in [0.5, 0.6) is 5.75 Å². The number of hydrogen-bond acceptors (Lipinski definition) is 3. The Morgan fingerprint density at radius 2 is 2.14 bits per heavy atom. The molecule has 1 atom stereocenters. The highest BCUT2D eigenvalue weighted by molar-refractivity contribution is 5.35. The summed E-state index contributed by atoms with van der Waals surface area (Å²) in [4.78, 5) is 2.53. The normalized spacial score (nSPS) is 19.7. The van der Waals surface area contributed by atoms with Crippen molar-refractivity contribution in [2.75, 3.05) is 26.3 Å². The van der Waals surface area contributed by atoms with Crippen LogP contribution in [0.15, 0.2) is 18.2 Å². The molecule has 1 N–H and O–H groups in total. The van der Waals surface area contributed by atoms with Gasteiger partial charge in [0.2, 0.25) is 0 Å². The molecule has 1 unspecified atom stereocenters. The van der Waals surface area contributed by atoms with Crippen molar-refractivity contribution in [2.45, 2.75) is 52.0 Å². The van der Waals surface area contributed by atoms with E-state index in [9.17, 15) is 0 Å². The first-order chi connectivity index (χ1) is 10.2. The van der Waals surface area contributed by atoms with Crippen molar-refractivity contribution in [3.63, 3.8) is 0 Å². The van der Waals surface area contributed by atoms with Gasteiger partial charge in [-0.3, -0.25) is 0 Å². The molecule has 1 aromatic rings. The Bertz CT molecular complexity index is 431. The van der Waals surface area contributed by atoms with Crippen molar-refractivity contribution in [3.05, 3.63) is 29.3 Å². The van der Waals surface area contributed by atoms with Gasteiger partial charge in [-0.2, -0.15) is 0 Å². The Morgan fingerprint density at radius 1 is 1.29 bits per heavy atom. The number of aryl methyl sites for hydroxylation is 2. The molecule has 1 aliphatic heterocycles. The fraction of sp³-hybridized carbons (Fsp3) is 0.667. The maximum Gasteiger partial charge on any atom is 0.122 e. The van der Waals surface area contributed by atoms with Crippen molar-refractivity contribution in [1.82, 2.24) is 4.90 Å². The number of aliphatic hydroxyl groups is 1. The van der Waals surface area contributed by atoms with E-state index in [2.05, 4.69) is 36.9 Å². The number of benzene rings is 1. The summed E-state index contributed by atoms with van der Waals surface area (Å²) in [5, 5.41) is 9.16. The number of likely N-dealkylation sites (tertiary alicyclic amines) is 1. The molecule has 3 nitrogen and oxygen atoms in total. The number of rotatable bonds is 7. The van der Waals surface area contributed by atoms with Crippen LogP contribution in [-0.4, -0.2) is 42.4 Å². The lowest BCUT2D eigenvalue weighted by Gasteiger charge is -2.35. The van der Waals surface area contributed by atoms with Crippen LogP contribution in [0.25, 0.3) is 0 Å². The molecular weight excluding hydrogens is 262 g/mol. The van der Waals surface area contributed by atoms with Crippen molar-refractivity contribution in [1.29, 1.82) is 0 Å². The summed E-state index contributed by atoms with van der Waals surface area (Å²) < 4.78 is 5.93. The van der Waals surface area contributed by atoms with Crippen LogP contribution in [0.4, 0.5) is 0 Å². The molecule has 1 aliphatic rings. The lowest BCUT2D eigenvalue weighted by atomic mass is 9.99. The van der Waals surface area contributed by atoms with E-state index in [4.69, 9.17) is 9.84 Å². The number of piperidine rings is 1. The van der Waals surface area contributed by atoms with Crippen LogP contribution in [0.3, 0.4) is 0 Å². The van der Waals surface area contributed by atoms with Crippen LogP contribution in [-0.2, 0) is 0 Å². The highest BCUT2D eigenvalue weighted by atomic mass is 16.5. The average Bonchev–Trinajstić information content (AvgIpc) is 2.49. The van der Waals surface area contributed by atoms with E-state index in [1.165, 1.54) is 36.9 Å². The predicted molar refractivity (Wildman–Crippen MR) is 86.9 cm³/mol. The predicted octanol–water partition coefficient (Wildman–Crippen LogP) is 3.31. The molecule has 1 aromatic carbocycles. The van der Waals surface area contributed by atoms with Gasteiger partial charge in [0.1, 0.15) is 5.75 Å². The second-order valence-corrected chi connectivity index (χ2v) is 6.17. The summed E-state index contributed by atoms with van der Waals surface area (Å²) in [6.45, 7) is 7.52. The molecule has 0 radical (unpaired) electrons. The van der Waals surface area contributed by atoms with Gasteiger partial charge in [0, 0.05) is 19.2 Å². The quantitative estimate of drug-likeness (QED) is 0.782. The molecule has 0 aromatic heterocycles. The largest absolute Gasteiger partial charge is 0.493 e. The zero-order valence-electron chi connectivity index (χ0n) is 13.5. The lowest BCUT2D eigenvalue weighted by molar-refractivity contribution is 0.112. The van der Waals surface area contributed by atoms with E-state index in [1.54, 1.807) is 0 Å². The van der Waals surface area contributed by atoms with Crippen LogP contribution >= 0.6 is 0 Å². The van der Waals surface area contributed by atoms with Crippen LogP contribution < -0.4 is 4.74 Å². The molecule has 21 heavy (non-hydrogen) atoms. The summed E-state index contributed by atoms with van der Waals surface area (Å²) in [5.74, 6) is 1.01. The van der Waals surface area contributed by atoms with Gasteiger partial charge in [-0.1, -0.05) is 18.6 Å². The van der Waals surface area contributed by atoms with Crippen molar-refractivity contribution in [2.24, 2.45) is 0 Å². The van der Waals surface area contributed by atoms with Gasteiger partial charge in [-0.15, -0.1) is 0 Å². The molecule has 1 heterocycles. The highest BCUT2D eigenvalue weighted by Gasteiger charge is 2.21. The summed E-state index contributed by atoms with van der Waals surface area (Å²) in [5.41, 5.74) is 2.45. The first-order valence-corrected chi connectivity index (χ1v) is 8.25. The van der Waals surface area contributed by atoms with Crippen LogP contribution in [0.1, 0.15) is 43.2 Å². The maximum atomic E-state index is 9.16. The fourth-order valence-corrected chi connectivity index (χ4v) is 3.14. The molecule has 1 saturated heterocycles. The van der Waals surface area contributed by atoms with Crippen LogP contribution in [0, 0.1) is 13.8 Å². The standard InChI is InChI=1S/C18H29NO2/c1-15-7-8-16(2)18(14-15)21-13-5-11-19-10-4-3-6-17(19)9-12-20/h7-8,14,17,20H,3-6,9-13H2,1-2H3. The maximum absolute atomic E-state index is 9.16. The molecule has 3 heteroatoms. The zero-order valence-corrected chi connectivity index (χ0v) is 13.5. The van der Waals surface area contributed by atoms with Gasteiger partial charge in [0.15, 0.2) is 0 Å². The second kappa shape index (κ2) is 8.40. The van der Waals surface area contributed by atoms with Crippen LogP contribution in [0.2, 0.25) is 0 Å². The third-order valence-corrected chi connectivity index (χ3v) is 4.40. The van der Waals surface area contributed by atoms with Gasteiger partial charge in [0.05, 0.1) is 6.61 Å². The van der Waals surface area contributed by atoms with Crippen molar-refractivity contribution < 1.29 is 9.84 Å². The molecular formula is C18H29NO2. The minimum absolute atomic E-state index is 0.306. The first-order valence-electron chi connectivity index (χ1n) is 8.25. The van der Waals surface area contributed by atoms with Gasteiger partial charge < -0.3 is 14.7 Å². The molecule has 1 fully saturated rings. The molecule has 0 amide bonds. The molecule has 118 valence electrons. The van der Waals surface area contributed by atoms with Gasteiger partial charge >= 0.3 is 0 Å². The van der Waals surface area contributed by atoms with Crippen molar-refractivity contribution >= 4 is 0 Å². The Labute approximate surface area is 128 Å². The van der Waals surface area contributed by atoms with Gasteiger partial charge in [-0.25, -0.2) is 0 Å². The summed E-state index contributed by atoms with van der Waals surface area (Å²) in [7, 11) is 0. The first kappa shape index (κ1) is 16.3. The topological polar surface area (TPSA) is 32.7 Å². The molecule has 0 aliphatic carbocycles. The number of hydrogen-bond donors (Lipinski definition) is 1. The third-order valence-electron chi connectivity index (χ3n) is 4.40. The third kappa shape index (κ3) is 5.01. The fourth-order valence-electron chi connectivity index (χ4n) is 3.14. The number of nitrogens with zero attached hydrogens (tertiary/aromatic N) is 1. The summed E-state index contributed by atoms with van der Waals surface area (Å²) in [6.07, 6.45) is 5.80. The van der Waals surface area contributed by atoms with E-state index < -0.39 is 0 Å². The Kier molecular flexibility index (Phi) is 6.52. The van der Waals surface area contributed by atoms with Gasteiger partial charge in [0.25, 0.3) is 0 Å². The molecule has 0 saturated carbocycles. The van der Waals surface area contributed by atoms with E-state index in [-0.39, 0.29) is 0 Å². The van der Waals surface area contributed by atoms with Gasteiger partial charge in [-0.05, 0) is 63.3 Å². The average molecular weight is 291 g/mol. The number of ether oxygens (including phenoxy) is 1. The van der Waals surface area contributed by atoms with E-state index in [0.29, 0.717) is 12.6 Å². The van der Waals surface area contributed by atoms with E-state index in [1.807, 2.05) is 0 Å². The second-order valence-electron chi connectivity index (χ2n) is 6.17. The molecule has 0 bridgehead atoms. The smallest absolute Gasteiger partial charge is 0.122 e. The lowest BCUT2D eigenvalue weighted by Crippen LogP contribution is -2.40. The summed E-state index contributed by atoms with van der Waals surface area (Å²) in [6, 6.07) is 6.93. The van der Waals surface area contributed by atoms with Crippen molar-refractivity contribution in [3.8, 4) is 5.75 Å². The molecule has 2 rings (SSSR count). The monoisotopic (exact) mass is 291 g/mol. The van der Waals surface area contributed by atoms with E-state index in [0.717, 1.165) is 31.7 Å².